The smallest absolute Gasteiger partial charge is 0.296 e. The summed E-state index contributed by atoms with van der Waals surface area (Å²) >= 11 is 13.6. The maximum atomic E-state index is 13.3. The number of benzene rings is 2. The molecule has 0 spiro atoms. The van der Waals surface area contributed by atoms with Gasteiger partial charge in [0.05, 0.1) is 16.5 Å². The van der Waals surface area contributed by atoms with Crippen LogP contribution in [0.2, 0.25) is 5.02 Å². The number of nitrogens with zero attached hydrogens (tertiary/aromatic N) is 3. The first-order chi connectivity index (χ1) is 16.9. The van der Waals surface area contributed by atoms with Crippen molar-refractivity contribution in [3.63, 3.8) is 0 Å². The van der Waals surface area contributed by atoms with Crippen LogP contribution in [0.4, 0.5) is 5.13 Å². The Morgan fingerprint density at radius 2 is 1.89 bits per heavy atom. The zero-order chi connectivity index (χ0) is 24.5. The van der Waals surface area contributed by atoms with Crippen molar-refractivity contribution in [3.8, 4) is 0 Å². The summed E-state index contributed by atoms with van der Waals surface area (Å²) in [7, 11) is 0. The number of ketones is 1. The van der Waals surface area contributed by atoms with Gasteiger partial charge in [-0.1, -0.05) is 87.0 Å². The molecule has 4 aromatic rings. The molecule has 1 aliphatic rings. The lowest BCUT2D eigenvalue weighted by Gasteiger charge is -2.24. The van der Waals surface area contributed by atoms with Crippen LogP contribution in [-0.2, 0) is 10.5 Å². The number of hydrogen-bond donors (Lipinski definition) is 1. The van der Waals surface area contributed by atoms with E-state index in [1.807, 2.05) is 48.5 Å². The van der Waals surface area contributed by atoms with Crippen molar-refractivity contribution < 1.29 is 14.7 Å². The van der Waals surface area contributed by atoms with Gasteiger partial charge in [-0.2, -0.15) is 0 Å². The lowest BCUT2D eigenvalue weighted by atomic mass is 9.96. The standard InChI is InChI=1S/C24H15BrClN3O3S3/c25-15-9-7-13(8-10-15)19-18(20(30)17-6-3-11-33-17)21(31)22(32)29(19)23-27-28-24(35-23)34-12-14-4-1-2-5-16(14)26/h1-11,19,31H,12H2. The molecule has 3 heterocycles. The molecule has 0 fully saturated rings. The molecular formula is C24H15BrClN3O3S3. The van der Waals surface area contributed by atoms with Crippen molar-refractivity contribution in [1.29, 1.82) is 0 Å². The monoisotopic (exact) mass is 603 g/mol. The van der Waals surface area contributed by atoms with Crippen molar-refractivity contribution in [2.75, 3.05) is 4.90 Å². The highest BCUT2D eigenvalue weighted by Gasteiger charge is 2.46. The fraction of sp³-hybridized carbons (Fsp3) is 0.0833. The van der Waals surface area contributed by atoms with Crippen LogP contribution in [0.3, 0.4) is 0 Å². The molecule has 1 N–H and O–H groups in total. The van der Waals surface area contributed by atoms with Gasteiger partial charge >= 0.3 is 0 Å². The van der Waals surface area contributed by atoms with Crippen LogP contribution in [0.1, 0.15) is 26.8 Å². The van der Waals surface area contributed by atoms with Crippen molar-refractivity contribution in [2.45, 2.75) is 16.1 Å². The number of thiophene rings is 1. The second-order valence-electron chi connectivity index (χ2n) is 7.43. The van der Waals surface area contributed by atoms with E-state index in [1.165, 1.54) is 39.3 Å². The van der Waals surface area contributed by atoms with Gasteiger partial charge in [-0.3, -0.25) is 14.5 Å². The molecular weight excluding hydrogens is 590 g/mol. The lowest BCUT2D eigenvalue weighted by molar-refractivity contribution is -0.117. The fourth-order valence-electron chi connectivity index (χ4n) is 3.65. The molecule has 5 rings (SSSR count). The molecule has 2 aromatic carbocycles. The molecule has 6 nitrogen and oxygen atoms in total. The number of aliphatic hydroxyl groups excluding tert-OH is 1. The highest BCUT2D eigenvalue weighted by molar-refractivity contribution is 9.10. The van der Waals surface area contributed by atoms with Crippen LogP contribution >= 0.6 is 62.0 Å². The van der Waals surface area contributed by atoms with E-state index in [4.69, 9.17) is 11.6 Å². The summed E-state index contributed by atoms with van der Waals surface area (Å²) in [5, 5.41) is 22.0. The third-order valence-corrected chi connectivity index (χ3v) is 9.17. The second-order valence-corrected chi connectivity index (χ2v) is 11.9. The molecule has 0 saturated carbocycles. The molecule has 0 radical (unpaired) electrons. The van der Waals surface area contributed by atoms with Gasteiger partial charge < -0.3 is 5.11 Å². The largest absolute Gasteiger partial charge is 0.503 e. The van der Waals surface area contributed by atoms with E-state index in [9.17, 15) is 14.7 Å². The highest BCUT2D eigenvalue weighted by Crippen LogP contribution is 2.44. The Morgan fingerprint density at radius 3 is 2.60 bits per heavy atom. The normalized spacial score (nSPS) is 15.8. The predicted molar refractivity (Wildman–Crippen MR) is 144 cm³/mol. The van der Waals surface area contributed by atoms with E-state index < -0.39 is 17.7 Å². The summed E-state index contributed by atoms with van der Waals surface area (Å²) in [5.41, 5.74) is 1.66. The Morgan fingerprint density at radius 1 is 1.11 bits per heavy atom. The van der Waals surface area contributed by atoms with E-state index in [0.717, 1.165) is 10.0 Å². The Kier molecular flexibility index (Phi) is 7.08. The summed E-state index contributed by atoms with van der Waals surface area (Å²) < 4.78 is 1.49. The molecule has 0 aliphatic carbocycles. The number of halogens is 2. The van der Waals surface area contributed by atoms with Crippen LogP contribution in [0.25, 0.3) is 0 Å². The number of rotatable bonds is 7. The highest BCUT2D eigenvalue weighted by atomic mass is 79.9. The summed E-state index contributed by atoms with van der Waals surface area (Å²) in [5.74, 6) is -1.06. The van der Waals surface area contributed by atoms with Crippen LogP contribution < -0.4 is 4.90 Å². The third-order valence-electron chi connectivity index (χ3n) is 5.29. The molecule has 0 bridgehead atoms. The molecule has 35 heavy (non-hydrogen) atoms. The van der Waals surface area contributed by atoms with Gasteiger partial charge in [0.15, 0.2) is 10.1 Å². The van der Waals surface area contributed by atoms with Gasteiger partial charge in [-0.15, -0.1) is 21.5 Å². The van der Waals surface area contributed by atoms with E-state index in [-0.39, 0.29) is 11.4 Å². The summed E-state index contributed by atoms with van der Waals surface area (Å²) in [6, 6.07) is 17.4. The Bertz CT molecular complexity index is 1440. The van der Waals surface area contributed by atoms with Gasteiger partial charge in [0.2, 0.25) is 10.9 Å². The van der Waals surface area contributed by atoms with Crippen LogP contribution in [0.15, 0.2) is 86.2 Å². The number of thioether (sulfide) groups is 1. The number of aromatic nitrogens is 2. The first-order valence-electron chi connectivity index (χ1n) is 10.2. The fourth-order valence-corrected chi connectivity index (χ4v) is 6.74. The predicted octanol–water partition coefficient (Wildman–Crippen LogP) is 7.09. The zero-order valence-electron chi connectivity index (χ0n) is 17.7. The topological polar surface area (TPSA) is 83.4 Å². The van der Waals surface area contributed by atoms with Crippen LogP contribution in [-0.4, -0.2) is 27.0 Å². The molecule has 1 aliphatic heterocycles. The van der Waals surface area contributed by atoms with Crippen molar-refractivity contribution in [1.82, 2.24) is 10.2 Å². The average molecular weight is 605 g/mol. The molecule has 1 atom stereocenters. The average Bonchev–Trinajstić information content (AvgIpc) is 3.60. The Balaban J connectivity index is 1.49. The van der Waals surface area contributed by atoms with E-state index in [2.05, 4.69) is 26.1 Å². The number of amides is 1. The van der Waals surface area contributed by atoms with Gasteiger partial charge in [0, 0.05) is 15.2 Å². The number of hydrogen-bond acceptors (Lipinski definition) is 8. The zero-order valence-corrected chi connectivity index (χ0v) is 22.5. The second kappa shape index (κ2) is 10.2. The number of Topliss-reactive ketones (excluding diaryl/α,β-unsaturated/α-hetero) is 1. The maximum absolute atomic E-state index is 13.3. The third kappa shape index (κ3) is 4.81. The first kappa shape index (κ1) is 24.2. The molecule has 2 aromatic heterocycles. The van der Waals surface area contributed by atoms with Crippen molar-refractivity contribution in [2.24, 2.45) is 0 Å². The van der Waals surface area contributed by atoms with Gasteiger partial charge in [-0.05, 0) is 40.8 Å². The summed E-state index contributed by atoms with van der Waals surface area (Å²) in [6.45, 7) is 0. The molecule has 176 valence electrons. The van der Waals surface area contributed by atoms with E-state index in [0.29, 0.717) is 30.7 Å². The van der Waals surface area contributed by atoms with Crippen LogP contribution in [0.5, 0.6) is 0 Å². The summed E-state index contributed by atoms with van der Waals surface area (Å²) in [4.78, 5) is 28.4. The first-order valence-corrected chi connectivity index (χ1v) is 14.1. The molecule has 1 amide bonds. The minimum absolute atomic E-state index is 0.0280. The minimum Gasteiger partial charge on any atom is -0.503 e. The van der Waals surface area contributed by atoms with Gasteiger partial charge in [0.25, 0.3) is 5.91 Å². The van der Waals surface area contributed by atoms with E-state index >= 15 is 0 Å². The van der Waals surface area contributed by atoms with E-state index in [1.54, 1.807) is 17.5 Å². The van der Waals surface area contributed by atoms with Crippen LogP contribution in [0, 0.1) is 0 Å². The summed E-state index contributed by atoms with van der Waals surface area (Å²) in [6.07, 6.45) is 0. The maximum Gasteiger partial charge on any atom is 0.296 e. The van der Waals surface area contributed by atoms with Gasteiger partial charge in [0.1, 0.15) is 0 Å². The SMILES string of the molecule is O=C(C1=C(O)C(=O)N(c2nnc(SCc3ccccc3Cl)s2)C1c1ccc(Br)cc1)c1cccs1. The Hall–Kier alpha value is -2.50. The number of aliphatic hydroxyl groups is 1. The quantitative estimate of drug-likeness (QED) is 0.138. The number of anilines is 1. The lowest BCUT2D eigenvalue weighted by Crippen LogP contribution is -2.31. The molecule has 11 heteroatoms. The van der Waals surface area contributed by atoms with Gasteiger partial charge in [-0.25, -0.2) is 0 Å². The van der Waals surface area contributed by atoms with Crippen molar-refractivity contribution >= 4 is 78.8 Å². The molecule has 0 saturated heterocycles. The molecule has 1 unspecified atom stereocenters. The number of carbonyl (C=O) groups is 2. The minimum atomic E-state index is -0.834. The number of carbonyl (C=O) groups excluding carboxylic acids is 2. The van der Waals surface area contributed by atoms with Crippen molar-refractivity contribution in [3.05, 3.63) is 103 Å². The Labute approximate surface area is 226 Å².